The number of amides is 1. The number of aliphatic hydroxyl groups excluding tert-OH is 1. The van der Waals surface area contributed by atoms with Gasteiger partial charge in [-0.1, -0.05) is 18.6 Å². The van der Waals surface area contributed by atoms with Crippen molar-refractivity contribution in [1.82, 2.24) is 4.90 Å². The summed E-state index contributed by atoms with van der Waals surface area (Å²) in [6.07, 6.45) is 2.49. The molecule has 0 bridgehead atoms. The van der Waals surface area contributed by atoms with Gasteiger partial charge in [0.2, 0.25) is 0 Å². The Balaban J connectivity index is 2.09. The molecule has 0 radical (unpaired) electrons. The van der Waals surface area contributed by atoms with Gasteiger partial charge in [-0.15, -0.1) is 0 Å². The van der Waals surface area contributed by atoms with Crippen LogP contribution in [0.4, 0.5) is 0 Å². The minimum Gasteiger partial charge on any atom is -0.393 e. The first kappa shape index (κ1) is 13.6. The second kappa shape index (κ2) is 5.85. The number of hydrogen-bond acceptors (Lipinski definition) is 3. The summed E-state index contributed by atoms with van der Waals surface area (Å²) in [5.74, 6) is -0.000511. The Morgan fingerprint density at radius 3 is 2.84 bits per heavy atom. The lowest BCUT2D eigenvalue weighted by atomic mass is 10.0. The number of hydrogen-bond donors (Lipinski definition) is 1. The van der Waals surface area contributed by atoms with Crippen molar-refractivity contribution in [3.63, 3.8) is 0 Å². The first-order valence-corrected chi connectivity index (χ1v) is 6.56. The molecule has 0 aromatic heterocycles. The van der Waals surface area contributed by atoms with Crippen LogP contribution in [-0.2, 0) is 0 Å². The highest BCUT2D eigenvalue weighted by molar-refractivity contribution is 5.96. The molecule has 1 aromatic rings. The third-order valence-electron chi connectivity index (χ3n) is 3.75. The van der Waals surface area contributed by atoms with Crippen LogP contribution in [0.25, 0.3) is 0 Å². The van der Waals surface area contributed by atoms with Gasteiger partial charge >= 0.3 is 0 Å². The monoisotopic (exact) mass is 258 g/mol. The van der Waals surface area contributed by atoms with E-state index in [1.807, 2.05) is 6.07 Å². The lowest BCUT2D eigenvalue weighted by molar-refractivity contribution is 0.0693. The van der Waals surface area contributed by atoms with Crippen LogP contribution in [0.1, 0.15) is 35.2 Å². The first-order valence-electron chi connectivity index (χ1n) is 6.56. The fourth-order valence-electron chi connectivity index (χ4n) is 2.64. The number of benzene rings is 1. The lowest BCUT2D eigenvalue weighted by Crippen LogP contribution is -2.34. The average Bonchev–Trinajstić information content (AvgIpc) is 2.83. The molecule has 0 aliphatic heterocycles. The van der Waals surface area contributed by atoms with Crippen molar-refractivity contribution in [2.24, 2.45) is 5.92 Å². The molecular formula is C15H18N2O2. The van der Waals surface area contributed by atoms with Crippen molar-refractivity contribution < 1.29 is 9.90 Å². The van der Waals surface area contributed by atoms with Gasteiger partial charge < -0.3 is 10.0 Å². The number of nitrogens with zero attached hydrogens (tertiary/aromatic N) is 2. The molecule has 1 aliphatic carbocycles. The van der Waals surface area contributed by atoms with Gasteiger partial charge in [0.05, 0.1) is 23.3 Å². The molecule has 1 saturated carbocycles. The standard InChI is InChI=1S/C15H18N2O2/c1-17(10-12-6-4-8-14(12)18)15(19)13-7-3-2-5-11(13)9-16/h2-3,5,7,12,14,18H,4,6,8,10H2,1H3. The topological polar surface area (TPSA) is 64.3 Å². The highest BCUT2D eigenvalue weighted by Gasteiger charge is 2.28. The van der Waals surface area contributed by atoms with Gasteiger partial charge in [-0.3, -0.25) is 4.79 Å². The second-order valence-electron chi connectivity index (χ2n) is 5.10. The van der Waals surface area contributed by atoms with Crippen LogP contribution in [0.15, 0.2) is 24.3 Å². The van der Waals surface area contributed by atoms with E-state index >= 15 is 0 Å². The van der Waals surface area contributed by atoms with Gasteiger partial charge in [0.15, 0.2) is 0 Å². The second-order valence-corrected chi connectivity index (χ2v) is 5.10. The Bertz CT molecular complexity index is 507. The van der Waals surface area contributed by atoms with E-state index in [1.54, 1.807) is 36.2 Å². The highest BCUT2D eigenvalue weighted by atomic mass is 16.3. The average molecular weight is 258 g/mol. The van der Waals surface area contributed by atoms with E-state index < -0.39 is 0 Å². The van der Waals surface area contributed by atoms with Gasteiger partial charge in [0.25, 0.3) is 5.91 Å². The summed E-state index contributed by atoms with van der Waals surface area (Å²) in [5, 5.41) is 18.8. The number of aliphatic hydroxyl groups is 1. The Labute approximate surface area is 113 Å². The van der Waals surface area contributed by atoms with Crippen LogP contribution in [-0.4, -0.2) is 35.6 Å². The molecule has 2 atom stereocenters. The molecular weight excluding hydrogens is 240 g/mol. The van der Waals surface area contributed by atoms with Crippen molar-refractivity contribution >= 4 is 5.91 Å². The van der Waals surface area contributed by atoms with Crippen LogP contribution >= 0.6 is 0 Å². The molecule has 4 heteroatoms. The highest BCUT2D eigenvalue weighted by Crippen LogP contribution is 2.26. The van der Waals surface area contributed by atoms with Crippen LogP contribution < -0.4 is 0 Å². The van der Waals surface area contributed by atoms with Crippen LogP contribution in [0, 0.1) is 17.2 Å². The predicted molar refractivity (Wildman–Crippen MR) is 71.5 cm³/mol. The van der Waals surface area contributed by atoms with E-state index in [9.17, 15) is 9.90 Å². The van der Waals surface area contributed by atoms with E-state index in [1.165, 1.54) is 0 Å². The third kappa shape index (κ3) is 2.94. The largest absolute Gasteiger partial charge is 0.393 e. The summed E-state index contributed by atoms with van der Waals surface area (Å²) in [6, 6.07) is 8.85. The zero-order valence-corrected chi connectivity index (χ0v) is 11.0. The summed E-state index contributed by atoms with van der Waals surface area (Å²) in [5.41, 5.74) is 0.825. The maximum atomic E-state index is 12.3. The molecule has 2 unspecified atom stereocenters. The van der Waals surface area contributed by atoms with Crippen LogP contribution in [0.5, 0.6) is 0 Å². The van der Waals surface area contributed by atoms with E-state index in [0.717, 1.165) is 19.3 Å². The maximum Gasteiger partial charge on any atom is 0.254 e. The quantitative estimate of drug-likeness (QED) is 0.899. The molecule has 1 aromatic carbocycles. The smallest absolute Gasteiger partial charge is 0.254 e. The van der Waals surface area contributed by atoms with Gasteiger partial charge in [-0.25, -0.2) is 0 Å². The van der Waals surface area contributed by atoms with E-state index in [-0.39, 0.29) is 17.9 Å². The Kier molecular flexibility index (Phi) is 4.18. The van der Waals surface area contributed by atoms with Gasteiger partial charge in [0, 0.05) is 19.5 Å². The molecule has 1 fully saturated rings. The van der Waals surface area contributed by atoms with Gasteiger partial charge in [0.1, 0.15) is 0 Å². The van der Waals surface area contributed by atoms with Gasteiger partial charge in [-0.2, -0.15) is 5.26 Å². The zero-order chi connectivity index (χ0) is 13.8. The van der Waals surface area contributed by atoms with Crippen molar-refractivity contribution in [2.45, 2.75) is 25.4 Å². The Hall–Kier alpha value is -1.86. The molecule has 100 valence electrons. The SMILES string of the molecule is CN(CC1CCCC1O)C(=O)c1ccccc1C#N. The van der Waals surface area contributed by atoms with Crippen LogP contribution in [0.2, 0.25) is 0 Å². The molecule has 1 amide bonds. The molecule has 2 rings (SSSR count). The summed E-state index contributed by atoms with van der Waals surface area (Å²) in [4.78, 5) is 13.9. The summed E-state index contributed by atoms with van der Waals surface area (Å²) >= 11 is 0. The van der Waals surface area contributed by atoms with Crippen molar-refractivity contribution in [3.8, 4) is 6.07 Å². The maximum absolute atomic E-state index is 12.3. The third-order valence-corrected chi connectivity index (χ3v) is 3.75. The van der Waals surface area contributed by atoms with E-state index in [0.29, 0.717) is 17.7 Å². The minimum atomic E-state index is -0.304. The molecule has 19 heavy (non-hydrogen) atoms. The number of rotatable bonds is 3. The fraction of sp³-hybridized carbons (Fsp3) is 0.467. The van der Waals surface area contributed by atoms with Crippen molar-refractivity contribution in [3.05, 3.63) is 35.4 Å². The van der Waals surface area contributed by atoms with Gasteiger partial charge in [-0.05, 0) is 25.0 Å². The number of carbonyl (C=O) groups excluding carboxylic acids is 1. The minimum absolute atomic E-state index is 0.156. The Morgan fingerprint density at radius 2 is 2.21 bits per heavy atom. The lowest BCUT2D eigenvalue weighted by Gasteiger charge is -2.23. The Morgan fingerprint density at radius 1 is 1.47 bits per heavy atom. The summed E-state index contributed by atoms with van der Waals surface area (Å²) in [6.45, 7) is 0.541. The number of nitriles is 1. The number of carbonyl (C=O) groups is 1. The predicted octanol–water partition coefficient (Wildman–Crippen LogP) is 1.79. The molecule has 0 heterocycles. The van der Waals surface area contributed by atoms with E-state index in [4.69, 9.17) is 5.26 Å². The van der Waals surface area contributed by atoms with Crippen molar-refractivity contribution in [1.29, 1.82) is 5.26 Å². The molecule has 0 spiro atoms. The van der Waals surface area contributed by atoms with Crippen molar-refractivity contribution in [2.75, 3.05) is 13.6 Å². The molecule has 1 N–H and O–H groups in total. The molecule has 1 aliphatic rings. The zero-order valence-electron chi connectivity index (χ0n) is 11.0. The molecule has 0 saturated heterocycles. The van der Waals surface area contributed by atoms with Crippen LogP contribution in [0.3, 0.4) is 0 Å². The van der Waals surface area contributed by atoms with E-state index in [2.05, 4.69) is 0 Å². The fourth-order valence-corrected chi connectivity index (χ4v) is 2.64. The summed E-state index contributed by atoms with van der Waals surface area (Å²) < 4.78 is 0. The molecule has 4 nitrogen and oxygen atoms in total. The summed E-state index contributed by atoms with van der Waals surface area (Å²) in [7, 11) is 1.72. The normalized spacial score (nSPS) is 21.9. The first-order chi connectivity index (χ1) is 9.13.